The maximum Gasteiger partial charge on any atom is 0.344 e. The van der Waals surface area contributed by atoms with E-state index < -0.39 is 16.8 Å². The molecule has 2 unspecified atom stereocenters. The summed E-state index contributed by atoms with van der Waals surface area (Å²) in [5.41, 5.74) is -1.52. The highest BCUT2D eigenvalue weighted by molar-refractivity contribution is 7.97. The molecule has 4 fully saturated rings. The Labute approximate surface area is 250 Å². The zero-order chi connectivity index (χ0) is 29.0. The Morgan fingerprint density at radius 2 is 1.17 bits per heavy atom. The van der Waals surface area contributed by atoms with Gasteiger partial charge in [-0.15, -0.1) is 0 Å². The SMILES string of the molecule is COCOC12CC3CC(OCOC)(C1)CC(OC(=O)COc1ccc([S+](c4ccccc4)c4ccccc4)cc1)(C3)C2. The molecule has 0 N–H and O–H groups in total. The number of ether oxygens (including phenoxy) is 6. The lowest BCUT2D eigenvalue weighted by Gasteiger charge is -2.64. The Morgan fingerprint density at radius 1 is 0.690 bits per heavy atom. The molecular weight excluding hydrogens is 552 g/mol. The highest BCUT2D eigenvalue weighted by atomic mass is 32.2. The summed E-state index contributed by atoms with van der Waals surface area (Å²) in [7, 11) is 3.01. The molecule has 3 aromatic rings. The van der Waals surface area contributed by atoms with Crippen LogP contribution in [0.15, 0.2) is 99.6 Å². The largest absolute Gasteiger partial charge is 0.482 e. The first-order valence-electron chi connectivity index (χ1n) is 14.5. The van der Waals surface area contributed by atoms with Crippen LogP contribution in [0.4, 0.5) is 0 Å². The molecular formula is C34H39O7S+. The first-order chi connectivity index (χ1) is 20.4. The summed E-state index contributed by atoms with van der Waals surface area (Å²) < 4.78 is 35.2. The standard InChI is InChI=1S/C34H39O7S/c1-36-24-39-32-17-26-18-33(21-32,40-25-37-2)23-34(19-26,22-32)41-31(35)20-38-27-13-15-30(16-14-27)42(28-9-5-3-6-10-28)29-11-7-4-8-12-29/h3-16,26H,17-25H2,1-2H3/q+1. The molecule has 4 aliphatic rings. The number of esters is 1. The van der Waals surface area contributed by atoms with E-state index in [2.05, 4.69) is 60.7 Å². The summed E-state index contributed by atoms with van der Waals surface area (Å²) in [5, 5.41) is 0. The van der Waals surface area contributed by atoms with Crippen molar-refractivity contribution in [3.8, 4) is 5.75 Å². The average molecular weight is 592 g/mol. The lowest BCUT2D eigenvalue weighted by Crippen LogP contribution is -2.68. The molecule has 4 bridgehead atoms. The minimum Gasteiger partial charge on any atom is -0.482 e. The van der Waals surface area contributed by atoms with Gasteiger partial charge in [0.15, 0.2) is 21.3 Å². The number of carbonyl (C=O) groups excluding carboxylic acids is 1. The van der Waals surface area contributed by atoms with E-state index in [-0.39, 0.29) is 37.1 Å². The van der Waals surface area contributed by atoms with Gasteiger partial charge in [-0.1, -0.05) is 36.4 Å². The molecule has 0 aliphatic heterocycles. The monoisotopic (exact) mass is 591 g/mol. The fourth-order valence-corrected chi connectivity index (χ4v) is 9.67. The third-order valence-electron chi connectivity index (χ3n) is 8.59. The normalized spacial score (nSPS) is 27.7. The van der Waals surface area contributed by atoms with Crippen LogP contribution in [0.2, 0.25) is 0 Å². The first-order valence-corrected chi connectivity index (χ1v) is 15.7. The van der Waals surface area contributed by atoms with Crippen molar-refractivity contribution in [2.45, 2.75) is 70.0 Å². The zero-order valence-electron chi connectivity index (χ0n) is 24.3. The molecule has 3 aromatic carbocycles. The molecule has 0 heterocycles. The van der Waals surface area contributed by atoms with Gasteiger partial charge in [0.25, 0.3) is 0 Å². The highest BCUT2D eigenvalue weighted by Gasteiger charge is 2.66. The molecule has 0 radical (unpaired) electrons. The fraction of sp³-hybridized carbons (Fsp3) is 0.441. The maximum atomic E-state index is 13.2. The predicted octanol–water partition coefficient (Wildman–Crippen LogP) is 6.16. The molecule has 7 nitrogen and oxygen atoms in total. The topological polar surface area (TPSA) is 72.5 Å². The van der Waals surface area contributed by atoms with Crippen LogP contribution < -0.4 is 4.74 Å². The van der Waals surface area contributed by atoms with E-state index in [9.17, 15) is 4.79 Å². The Bertz CT molecular complexity index is 1270. The molecule has 42 heavy (non-hydrogen) atoms. The minimum absolute atomic E-state index is 0.160. The summed E-state index contributed by atoms with van der Waals surface area (Å²) in [5.74, 6) is 0.600. The molecule has 0 spiro atoms. The lowest BCUT2D eigenvalue weighted by atomic mass is 9.50. The summed E-state index contributed by atoms with van der Waals surface area (Å²) in [6, 6.07) is 29.0. The van der Waals surface area contributed by atoms with Crippen molar-refractivity contribution in [3.05, 3.63) is 84.9 Å². The Morgan fingerprint density at radius 3 is 1.69 bits per heavy atom. The van der Waals surface area contributed by atoms with Crippen molar-refractivity contribution >= 4 is 16.9 Å². The van der Waals surface area contributed by atoms with Gasteiger partial charge in [0.05, 0.1) is 22.1 Å². The predicted molar refractivity (Wildman–Crippen MR) is 158 cm³/mol. The van der Waals surface area contributed by atoms with Crippen LogP contribution in [0, 0.1) is 5.92 Å². The van der Waals surface area contributed by atoms with Crippen LogP contribution >= 0.6 is 0 Å². The van der Waals surface area contributed by atoms with Crippen molar-refractivity contribution in [2.24, 2.45) is 5.92 Å². The van der Waals surface area contributed by atoms with Gasteiger partial charge in [0.1, 0.15) is 24.9 Å². The number of carbonyl (C=O) groups is 1. The van der Waals surface area contributed by atoms with Crippen molar-refractivity contribution in [1.82, 2.24) is 0 Å². The molecule has 0 aromatic heterocycles. The van der Waals surface area contributed by atoms with Gasteiger partial charge >= 0.3 is 5.97 Å². The lowest BCUT2D eigenvalue weighted by molar-refractivity contribution is -0.306. The Hall–Kier alpha value is -2.88. The zero-order valence-corrected chi connectivity index (χ0v) is 25.1. The smallest absolute Gasteiger partial charge is 0.344 e. The van der Waals surface area contributed by atoms with Crippen LogP contribution in [-0.4, -0.2) is 57.2 Å². The molecule has 7 rings (SSSR count). The number of benzene rings is 3. The van der Waals surface area contributed by atoms with Crippen LogP contribution in [0.1, 0.15) is 38.5 Å². The van der Waals surface area contributed by atoms with Crippen LogP contribution in [0.3, 0.4) is 0 Å². The van der Waals surface area contributed by atoms with Crippen molar-refractivity contribution < 1.29 is 33.2 Å². The van der Waals surface area contributed by atoms with Gasteiger partial charge in [0.2, 0.25) is 0 Å². The van der Waals surface area contributed by atoms with E-state index in [0.29, 0.717) is 24.5 Å². The fourth-order valence-electron chi connectivity index (χ4n) is 7.59. The second kappa shape index (κ2) is 12.4. The third kappa shape index (κ3) is 6.24. The van der Waals surface area contributed by atoms with Gasteiger partial charge in [-0.2, -0.15) is 0 Å². The number of hydrogen-bond acceptors (Lipinski definition) is 7. The quantitative estimate of drug-likeness (QED) is 0.134. The van der Waals surface area contributed by atoms with Gasteiger partial charge < -0.3 is 28.4 Å². The molecule has 4 saturated carbocycles. The number of hydrogen-bond donors (Lipinski definition) is 0. The molecule has 4 aliphatic carbocycles. The van der Waals surface area contributed by atoms with Crippen LogP contribution in [-0.2, 0) is 39.4 Å². The van der Waals surface area contributed by atoms with Crippen molar-refractivity contribution in [1.29, 1.82) is 0 Å². The minimum atomic E-state index is -0.648. The molecule has 222 valence electrons. The van der Waals surface area contributed by atoms with Gasteiger partial charge in [-0.25, -0.2) is 4.79 Å². The maximum absolute atomic E-state index is 13.2. The summed E-state index contributed by atoms with van der Waals surface area (Å²) >= 11 is 0. The molecule has 0 amide bonds. The second-order valence-electron chi connectivity index (χ2n) is 11.8. The second-order valence-corrected chi connectivity index (χ2v) is 13.9. The van der Waals surface area contributed by atoms with Crippen molar-refractivity contribution in [3.63, 3.8) is 0 Å². The van der Waals surface area contributed by atoms with E-state index >= 15 is 0 Å². The van der Waals surface area contributed by atoms with E-state index in [1.807, 2.05) is 24.3 Å². The van der Waals surface area contributed by atoms with Gasteiger partial charge in [-0.3, -0.25) is 0 Å². The number of rotatable bonds is 13. The van der Waals surface area contributed by atoms with Crippen LogP contribution in [0.5, 0.6) is 5.75 Å². The summed E-state index contributed by atoms with van der Waals surface area (Å²) in [4.78, 5) is 16.9. The summed E-state index contributed by atoms with van der Waals surface area (Å²) in [6.07, 6.45) is 4.68. The van der Waals surface area contributed by atoms with Gasteiger partial charge in [0, 0.05) is 33.5 Å². The van der Waals surface area contributed by atoms with E-state index in [0.717, 1.165) is 25.7 Å². The van der Waals surface area contributed by atoms with E-state index in [1.165, 1.54) is 14.7 Å². The molecule has 2 atom stereocenters. The number of methoxy groups -OCH3 is 2. The Kier molecular flexibility index (Phi) is 8.61. The molecule has 0 saturated heterocycles. The van der Waals surface area contributed by atoms with Crippen LogP contribution in [0.25, 0.3) is 0 Å². The third-order valence-corrected chi connectivity index (χ3v) is 10.8. The molecule has 8 heteroatoms. The van der Waals surface area contributed by atoms with Gasteiger partial charge in [-0.05, 0) is 73.7 Å². The average Bonchev–Trinajstić information content (AvgIpc) is 2.99. The van der Waals surface area contributed by atoms with E-state index in [4.69, 9.17) is 28.4 Å². The summed E-state index contributed by atoms with van der Waals surface area (Å²) in [6.45, 7) is 0.241. The van der Waals surface area contributed by atoms with E-state index in [1.54, 1.807) is 14.2 Å². The first kappa shape index (κ1) is 29.2. The highest BCUT2D eigenvalue weighted by Crippen LogP contribution is 2.63. The Balaban J connectivity index is 1.13. The van der Waals surface area contributed by atoms with Crippen molar-refractivity contribution in [2.75, 3.05) is 34.4 Å².